The molecule has 0 saturated carbocycles. The van der Waals surface area contributed by atoms with Gasteiger partial charge < -0.3 is 30.3 Å². The Balaban J connectivity index is 3.52. The third kappa shape index (κ3) is 5.70. The van der Waals surface area contributed by atoms with Crippen LogP contribution in [-0.4, -0.2) is 68.2 Å². The number of amides is 1. The van der Waals surface area contributed by atoms with Gasteiger partial charge in [-0.2, -0.15) is 0 Å². The maximum absolute atomic E-state index is 11.3. The fourth-order valence-corrected chi connectivity index (χ4v) is 2.45. The van der Waals surface area contributed by atoms with Crippen LogP contribution in [0.2, 0.25) is 0 Å². The molecule has 0 spiro atoms. The molecule has 1 aromatic carbocycles. The maximum Gasteiger partial charge on any atom is 0.409 e. The Kier molecular flexibility index (Phi) is 6.80. The molecular formula is C16H28N4O3. The summed E-state index contributed by atoms with van der Waals surface area (Å²) in [6.45, 7) is 1.60. The lowest BCUT2D eigenvalue weighted by atomic mass is 10.0. The number of phenolic OH excluding ortho intramolecular Hbond substituents is 1. The van der Waals surface area contributed by atoms with Crippen molar-refractivity contribution in [3.63, 3.8) is 0 Å². The van der Waals surface area contributed by atoms with Crippen LogP contribution in [0.4, 0.5) is 4.79 Å². The molecule has 3 N–H and O–H groups in total. The summed E-state index contributed by atoms with van der Waals surface area (Å²) < 4.78 is 5.23. The molecule has 0 aliphatic carbocycles. The molecule has 1 rings (SSSR count). The molecule has 7 heteroatoms. The molecule has 130 valence electrons. The highest BCUT2D eigenvalue weighted by Crippen LogP contribution is 2.37. The number of aromatic hydroxyl groups is 1. The molecule has 7 nitrogen and oxygen atoms in total. The molecule has 0 atom stereocenters. The quantitative estimate of drug-likeness (QED) is 0.780. The first-order valence-corrected chi connectivity index (χ1v) is 7.39. The van der Waals surface area contributed by atoms with Crippen LogP contribution in [0.15, 0.2) is 6.07 Å². The van der Waals surface area contributed by atoms with E-state index in [1.54, 1.807) is 0 Å². The van der Waals surface area contributed by atoms with Crippen LogP contribution in [0.25, 0.3) is 0 Å². The monoisotopic (exact) mass is 324 g/mol. The van der Waals surface area contributed by atoms with Gasteiger partial charge in [0.1, 0.15) is 11.5 Å². The normalized spacial score (nSPS) is 11.5. The number of benzene rings is 1. The number of phenols is 1. The van der Waals surface area contributed by atoms with Crippen molar-refractivity contribution < 1.29 is 14.6 Å². The lowest BCUT2D eigenvalue weighted by Crippen LogP contribution is -2.22. The van der Waals surface area contributed by atoms with E-state index in [4.69, 9.17) is 10.5 Å². The molecule has 0 aliphatic heterocycles. The third-order valence-electron chi connectivity index (χ3n) is 3.15. The van der Waals surface area contributed by atoms with E-state index in [1.165, 1.54) is 0 Å². The number of carbonyl (C=O) groups is 1. The molecule has 0 radical (unpaired) electrons. The van der Waals surface area contributed by atoms with Gasteiger partial charge in [-0.05, 0) is 48.4 Å². The van der Waals surface area contributed by atoms with Crippen molar-refractivity contribution in [2.75, 3.05) is 42.3 Å². The van der Waals surface area contributed by atoms with Gasteiger partial charge in [-0.1, -0.05) is 0 Å². The van der Waals surface area contributed by atoms with Gasteiger partial charge in [0.15, 0.2) is 0 Å². The minimum Gasteiger partial charge on any atom is -0.507 e. The summed E-state index contributed by atoms with van der Waals surface area (Å²) in [6, 6.07) is 1.87. The second kappa shape index (κ2) is 8.14. The van der Waals surface area contributed by atoms with Gasteiger partial charge in [0.25, 0.3) is 0 Å². The van der Waals surface area contributed by atoms with Crippen LogP contribution in [0.1, 0.15) is 16.7 Å². The zero-order valence-corrected chi connectivity index (χ0v) is 14.9. The Morgan fingerprint density at radius 3 is 1.91 bits per heavy atom. The van der Waals surface area contributed by atoms with E-state index >= 15 is 0 Å². The number of hydrogen-bond donors (Lipinski definition) is 2. The molecule has 0 fully saturated rings. The number of nitrogens with zero attached hydrogens (tertiary/aromatic N) is 3. The molecular weight excluding hydrogens is 296 g/mol. The molecule has 0 bridgehead atoms. The predicted molar refractivity (Wildman–Crippen MR) is 90.5 cm³/mol. The summed E-state index contributed by atoms with van der Waals surface area (Å²) in [5, 5.41) is 10.6. The van der Waals surface area contributed by atoms with Gasteiger partial charge in [-0.25, -0.2) is 4.79 Å². The van der Waals surface area contributed by atoms with Crippen molar-refractivity contribution in [1.82, 2.24) is 14.7 Å². The topological polar surface area (TPSA) is 82.3 Å². The lowest BCUT2D eigenvalue weighted by Gasteiger charge is -2.23. The summed E-state index contributed by atoms with van der Waals surface area (Å²) in [7, 11) is 11.5. The summed E-state index contributed by atoms with van der Waals surface area (Å²) in [6.07, 6.45) is -0.884. The van der Waals surface area contributed by atoms with E-state index in [1.807, 2.05) is 63.1 Å². The van der Waals surface area contributed by atoms with E-state index in [0.717, 1.165) is 11.1 Å². The largest absolute Gasteiger partial charge is 0.507 e. The molecule has 23 heavy (non-hydrogen) atoms. The van der Waals surface area contributed by atoms with Gasteiger partial charge in [0, 0.05) is 30.8 Å². The fourth-order valence-electron chi connectivity index (χ4n) is 2.45. The summed E-state index contributed by atoms with van der Waals surface area (Å²) in [5.74, 6) is 0.492. The fraction of sp³-hybridized carbons (Fsp3) is 0.562. The standard InChI is InChI=1S/C16H28N4O3/c1-18(2)8-11-7-12(9-19(3)4)15(23-16(17)22)13(14(11)21)10-20(5)6/h7,21H,8-10H2,1-6H3,(H2,17,22). The van der Waals surface area contributed by atoms with Crippen molar-refractivity contribution >= 4 is 6.09 Å². The van der Waals surface area contributed by atoms with E-state index in [9.17, 15) is 9.90 Å². The Morgan fingerprint density at radius 2 is 1.48 bits per heavy atom. The lowest BCUT2D eigenvalue weighted by molar-refractivity contribution is 0.208. The van der Waals surface area contributed by atoms with Crippen LogP contribution in [0, 0.1) is 0 Å². The minimum atomic E-state index is -0.884. The first-order chi connectivity index (χ1) is 10.6. The first-order valence-electron chi connectivity index (χ1n) is 7.39. The van der Waals surface area contributed by atoms with Crippen molar-refractivity contribution in [3.05, 3.63) is 22.8 Å². The first kappa shape index (κ1) is 19.2. The summed E-state index contributed by atoms with van der Waals surface area (Å²) in [4.78, 5) is 17.2. The molecule has 0 heterocycles. The van der Waals surface area contributed by atoms with Crippen molar-refractivity contribution in [2.24, 2.45) is 5.73 Å². The van der Waals surface area contributed by atoms with Crippen molar-refractivity contribution in [2.45, 2.75) is 19.6 Å². The van der Waals surface area contributed by atoms with E-state index in [-0.39, 0.29) is 5.75 Å². The van der Waals surface area contributed by atoms with Crippen LogP contribution < -0.4 is 10.5 Å². The number of primary amides is 1. The number of rotatable bonds is 7. The van der Waals surface area contributed by atoms with Crippen molar-refractivity contribution in [1.29, 1.82) is 0 Å². The van der Waals surface area contributed by atoms with Crippen LogP contribution in [0.5, 0.6) is 11.5 Å². The van der Waals surface area contributed by atoms with Crippen LogP contribution in [-0.2, 0) is 19.6 Å². The molecule has 0 saturated heterocycles. The Morgan fingerprint density at radius 1 is 1.00 bits per heavy atom. The highest BCUT2D eigenvalue weighted by molar-refractivity contribution is 5.70. The number of carbonyl (C=O) groups excluding carboxylic acids is 1. The highest BCUT2D eigenvalue weighted by Gasteiger charge is 2.21. The van der Waals surface area contributed by atoms with Crippen molar-refractivity contribution in [3.8, 4) is 11.5 Å². The number of nitrogens with two attached hydrogens (primary N) is 1. The average molecular weight is 324 g/mol. The molecule has 1 amide bonds. The van der Waals surface area contributed by atoms with Gasteiger partial charge >= 0.3 is 6.09 Å². The zero-order chi connectivity index (χ0) is 17.7. The van der Waals surface area contributed by atoms with Crippen LogP contribution >= 0.6 is 0 Å². The van der Waals surface area contributed by atoms with E-state index < -0.39 is 6.09 Å². The Hall–Kier alpha value is -1.83. The summed E-state index contributed by atoms with van der Waals surface area (Å²) >= 11 is 0. The van der Waals surface area contributed by atoms with E-state index in [0.29, 0.717) is 30.9 Å². The highest BCUT2D eigenvalue weighted by atomic mass is 16.5. The average Bonchev–Trinajstić information content (AvgIpc) is 2.37. The van der Waals surface area contributed by atoms with Gasteiger partial charge in [0.05, 0.1) is 5.56 Å². The maximum atomic E-state index is 11.3. The third-order valence-corrected chi connectivity index (χ3v) is 3.15. The van der Waals surface area contributed by atoms with Gasteiger partial charge in [0.2, 0.25) is 0 Å². The smallest absolute Gasteiger partial charge is 0.409 e. The Bertz CT molecular complexity index is 557. The SMILES string of the molecule is CN(C)Cc1cc(CN(C)C)c(OC(N)=O)c(CN(C)C)c1O. The molecule has 1 aromatic rings. The second-order valence-electron chi connectivity index (χ2n) is 6.49. The number of ether oxygens (including phenoxy) is 1. The molecule has 0 aromatic heterocycles. The number of hydrogen-bond acceptors (Lipinski definition) is 6. The molecule has 0 aliphatic rings. The summed E-state index contributed by atoms with van der Waals surface area (Å²) in [5.41, 5.74) is 7.40. The predicted octanol–water partition coefficient (Wildman–Crippen LogP) is 1.03. The minimum absolute atomic E-state index is 0.145. The van der Waals surface area contributed by atoms with Gasteiger partial charge in [-0.3, -0.25) is 0 Å². The second-order valence-corrected chi connectivity index (χ2v) is 6.49. The van der Waals surface area contributed by atoms with Gasteiger partial charge in [-0.15, -0.1) is 0 Å². The van der Waals surface area contributed by atoms with E-state index in [2.05, 4.69) is 0 Å². The molecule has 0 unspecified atom stereocenters. The van der Waals surface area contributed by atoms with Crippen LogP contribution in [0.3, 0.4) is 0 Å². The zero-order valence-electron chi connectivity index (χ0n) is 14.9. The Labute approximate surface area is 138 Å².